The molecule has 0 spiro atoms. The van der Waals surface area contributed by atoms with Gasteiger partial charge >= 0.3 is 4.87 Å². The molecule has 0 radical (unpaired) electrons. The molecule has 0 unspecified atom stereocenters. The van der Waals surface area contributed by atoms with E-state index in [-0.39, 0.29) is 23.9 Å². The Morgan fingerprint density at radius 1 is 1.55 bits per heavy atom. The molecule has 20 heavy (non-hydrogen) atoms. The first-order valence-corrected chi connectivity index (χ1v) is 7.92. The lowest BCUT2D eigenvalue weighted by molar-refractivity contribution is -0.123. The van der Waals surface area contributed by atoms with Crippen LogP contribution in [-0.2, 0) is 11.3 Å². The van der Waals surface area contributed by atoms with Crippen LogP contribution in [0.5, 0.6) is 0 Å². The van der Waals surface area contributed by atoms with Crippen LogP contribution < -0.4 is 10.2 Å². The van der Waals surface area contributed by atoms with Crippen LogP contribution in [0, 0.1) is 12.8 Å². The number of aromatic nitrogens is 1. The van der Waals surface area contributed by atoms with Crippen LogP contribution in [-0.4, -0.2) is 27.7 Å². The molecular weight excluding hydrogens is 276 g/mol. The first-order chi connectivity index (χ1) is 9.39. The van der Waals surface area contributed by atoms with E-state index in [2.05, 4.69) is 12.2 Å². The van der Waals surface area contributed by atoms with Gasteiger partial charge in [-0.05, 0) is 38.5 Å². The molecule has 112 valence electrons. The van der Waals surface area contributed by atoms with Crippen molar-refractivity contribution >= 4 is 17.2 Å². The second-order valence-electron chi connectivity index (χ2n) is 5.91. The average molecular weight is 298 g/mol. The molecule has 1 amide bonds. The summed E-state index contributed by atoms with van der Waals surface area (Å²) in [5, 5.41) is 14.9. The Labute approximate surface area is 122 Å². The summed E-state index contributed by atoms with van der Waals surface area (Å²) in [6.45, 7) is 4.29. The monoisotopic (exact) mass is 298 g/mol. The van der Waals surface area contributed by atoms with Gasteiger partial charge in [0.15, 0.2) is 0 Å². The van der Waals surface area contributed by atoms with Crippen molar-refractivity contribution in [2.45, 2.75) is 51.7 Å². The smallest absolute Gasteiger partial charge is 0.307 e. The summed E-state index contributed by atoms with van der Waals surface area (Å²) in [5.74, 6) is 0.429. The third kappa shape index (κ3) is 3.70. The molecule has 0 bridgehead atoms. The highest BCUT2D eigenvalue weighted by molar-refractivity contribution is 7.07. The third-order valence-corrected chi connectivity index (χ3v) is 4.98. The van der Waals surface area contributed by atoms with Crippen LogP contribution in [0.15, 0.2) is 10.2 Å². The Bertz CT molecular complexity index is 527. The van der Waals surface area contributed by atoms with Crippen molar-refractivity contribution in [1.29, 1.82) is 0 Å². The normalized spacial score (nSPS) is 26.4. The number of nitrogens with zero attached hydrogens (tertiary/aromatic N) is 1. The fraction of sp³-hybridized carbons (Fsp3) is 0.714. The maximum atomic E-state index is 11.9. The topological polar surface area (TPSA) is 71.3 Å². The van der Waals surface area contributed by atoms with Gasteiger partial charge in [-0.2, -0.15) is 0 Å². The molecular formula is C14H22N2O3S. The summed E-state index contributed by atoms with van der Waals surface area (Å²) < 4.78 is 1.45. The van der Waals surface area contributed by atoms with E-state index >= 15 is 0 Å². The summed E-state index contributed by atoms with van der Waals surface area (Å²) >= 11 is 1.10. The van der Waals surface area contributed by atoms with Gasteiger partial charge in [-0.15, -0.1) is 0 Å². The highest BCUT2D eigenvalue weighted by atomic mass is 32.1. The van der Waals surface area contributed by atoms with Gasteiger partial charge in [-0.25, -0.2) is 0 Å². The number of carbonyl (C=O) groups is 1. The number of amides is 1. The molecule has 1 aliphatic carbocycles. The molecule has 1 heterocycles. The van der Waals surface area contributed by atoms with Gasteiger partial charge in [0.1, 0.15) is 6.54 Å². The number of aryl methyl sites for hydroxylation is 1. The van der Waals surface area contributed by atoms with Crippen LogP contribution in [0.1, 0.15) is 38.3 Å². The standard InChI is InChI=1S/C14H22N2O3S/c1-10-3-5-14(19,6-4-10)9-15-12(17)7-16-11(2)8-20-13(16)18/h8,10,19H,3-7,9H2,1-2H3,(H,15,17). The van der Waals surface area contributed by atoms with Crippen LogP contribution in [0.2, 0.25) is 0 Å². The van der Waals surface area contributed by atoms with Gasteiger partial charge in [0.25, 0.3) is 0 Å². The molecule has 0 aromatic carbocycles. The number of hydrogen-bond donors (Lipinski definition) is 2. The van der Waals surface area contributed by atoms with Gasteiger partial charge in [-0.3, -0.25) is 14.2 Å². The maximum absolute atomic E-state index is 11.9. The summed E-state index contributed by atoms with van der Waals surface area (Å²) in [4.78, 5) is 23.3. The molecule has 1 aromatic heterocycles. The average Bonchev–Trinajstić information content (AvgIpc) is 2.72. The summed E-state index contributed by atoms with van der Waals surface area (Å²) in [6.07, 6.45) is 3.45. The molecule has 1 fully saturated rings. The Morgan fingerprint density at radius 2 is 2.20 bits per heavy atom. The van der Waals surface area contributed by atoms with Crippen LogP contribution in [0.25, 0.3) is 0 Å². The second-order valence-corrected chi connectivity index (χ2v) is 6.73. The Morgan fingerprint density at radius 3 is 2.75 bits per heavy atom. The number of nitrogens with one attached hydrogen (secondary N) is 1. The third-order valence-electron chi connectivity index (χ3n) is 4.10. The van der Waals surface area contributed by atoms with Crippen LogP contribution in [0.4, 0.5) is 0 Å². The highest BCUT2D eigenvalue weighted by Gasteiger charge is 2.32. The molecule has 5 nitrogen and oxygen atoms in total. The molecule has 2 rings (SSSR count). The van der Waals surface area contributed by atoms with Crippen molar-refractivity contribution in [3.63, 3.8) is 0 Å². The first kappa shape index (κ1) is 15.3. The molecule has 0 aliphatic heterocycles. The molecule has 1 aromatic rings. The van der Waals surface area contributed by atoms with Crippen molar-refractivity contribution in [1.82, 2.24) is 9.88 Å². The van der Waals surface area contributed by atoms with E-state index in [1.54, 1.807) is 12.3 Å². The number of hydrogen-bond acceptors (Lipinski definition) is 4. The highest BCUT2D eigenvalue weighted by Crippen LogP contribution is 2.31. The van der Waals surface area contributed by atoms with E-state index in [0.29, 0.717) is 5.92 Å². The van der Waals surface area contributed by atoms with Gasteiger partial charge in [0.05, 0.1) is 5.60 Å². The lowest BCUT2D eigenvalue weighted by atomic mass is 9.79. The second kappa shape index (κ2) is 6.10. The zero-order valence-electron chi connectivity index (χ0n) is 12.0. The molecule has 0 atom stereocenters. The van der Waals surface area contributed by atoms with E-state index in [1.807, 2.05) is 0 Å². The number of rotatable bonds is 4. The van der Waals surface area contributed by atoms with E-state index in [9.17, 15) is 14.7 Å². The van der Waals surface area contributed by atoms with Gasteiger partial charge in [0.2, 0.25) is 5.91 Å². The molecule has 0 saturated heterocycles. The van der Waals surface area contributed by atoms with E-state index in [4.69, 9.17) is 0 Å². The van der Waals surface area contributed by atoms with Crippen molar-refractivity contribution in [2.75, 3.05) is 6.54 Å². The molecule has 1 saturated carbocycles. The van der Waals surface area contributed by atoms with E-state index < -0.39 is 5.60 Å². The molecule has 6 heteroatoms. The number of aliphatic hydroxyl groups is 1. The van der Waals surface area contributed by atoms with E-state index in [1.165, 1.54) is 4.57 Å². The van der Waals surface area contributed by atoms with Crippen molar-refractivity contribution < 1.29 is 9.90 Å². The van der Waals surface area contributed by atoms with Crippen molar-refractivity contribution in [3.05, 3.63) is 20.7 Å². The number of thiazole rings is 1. The Kier molecular flexibility index (Phi) is 4.65. The van der Waals surface area contributed by atoms with Crippen LogP contribution in [0.3, 0.4) is 0 Å². The lowest BCUT2D eigenvalue weighted by Crippen LogP contribution is -2.46. The van der Waals surface area contributed by atoms with Gasteiger partial charge in [0, 0.05) is 17.6 Å². The van der Waals surface area contributed by atoms with E-state index in [0.717, 1.165) is 42.7 Å². The summed E-state index contributed by atoms with van der Waals surface area (Å²) in [6, 6.07) is 0. The Hall–Kier alpha value is -1.14. The zero-order chi connectivity index (χ0) is 14.8. The quantitative estimate of drug-likeness (QED) is 0.879. The minimum Gasteiger partial charge on any atom is -0.388 e. The van der Waals surface area contributed by atoms with Crippen LogP contribution >= 0.6 is 11.3 Å². The van der Waals surface area contributed by atoms with Gasteiger partial charge < -0.3 is 10.4 Å². The molecule has 2 N–H and O–H groups in total. The van der Waals surface area contributed by atoms with Crippen molar-refractivity contribution in [3.8, 4) is 0 Å². The largest absolute Gasteiger partial charge is 0.388 e. The molecule has 1 aliphatic rings. The summed E-state index contributed by atoms with van der Waals surface area (Å²) in [5.41, 5.74) is 0.0111. The van der Waals surface area contributed by atoms with Gasteiger partial charge in [-0.1, -0.05) is 18.3 Å². The maximum Gasteiger partial charge on any atom is 0.307 e. The SMILES string of the molecule is Cc1csc(=O)n1CC(=O)NCC1(O)CCC(C)CC1. The fourth-order valence-corrected chi connectivity index (χ4v) is 3.27. The number of carbonyl (C=O) groups excluding carboxylic acids is 1. The predicted molar refractivity (Wildman–Crippen MR) is 78.9 cm³/mol. The minimum absolute atomic E-state index is 0.0284. The lowest BCUT2D eigenvalue weighted by Gasteiger charge is -2.34. The zero-order valence-corrected chi connectivity index (χ0v) is 12.8. The van der Waals surface area contributed by atoms with Crippen molar-refractivity contribution in [2.24, 2.45) is 5.92 Å². The first-order valence-electron chi connectivity index (χ1n) is 7.04. The predicted octanol–water partition coefficient (Wildman–Crippen LogP) is 1.28. The fourth-order valence-electron chi connectivity index (χ4n) is 2.54. The minimum atomic E-state index is -0.781. The summed E-state index contributed by atoms with van der Waals surface area (Å²) in [7, 11) is 0. The Balaban J connectivity index is 1.85.